The van der Waals surface area contributed by atoms with E-state index in [0.29, 0.717) is 12.7 Å². The zero-order valence-corrected chi connectivity index (χ0v) is 19.1. The van der Waals surface area contributed by atoms with Crippen molar-refractivity contribution >= 4 is 8.32 Å². The maximum Gasteiger partial charge on any atom is 0.192 e. The maximum absolute atomic E-state index is 6.67. The van der Waals surface area contributed by atoms with Crippen molar-refractivity contribution in [3.8, 4) is 5.75 Å². The van der Waals surface area contributed by atoms with E-state index < -0.39 is 8.32 Å². The van der Waals surface area contributed by atoms with E-state index in [-0.39, 0.29) is 5.04 Å². The minimum Gasteiger partial charge on any atom is -0.497 e. The zero-order chi connectivity index (χ0) is 19.6. The number of methoxy groups -OCH3 is 1. The summed E-state index contributed by atoms with van der Waals surface area (Å²) in [4.78, 5) is 0. The summed E-state index contributed by atoms with van der Waals surface area (Å²) in [6.07, 6.45) is 6.22. The van der Waals surface area contributed by atoms with Crippen molar-refractivity contribution in [1.29, 1.82) is 0 Å². The lowest BCUT2D eigenvalue weighted by molar-refractivity contribution is 0.0732. The third kappa shape index (κ3) is 8.23. The van der Waals surface area contributed by atoms with Crippen molar-refractivity contribution in [3.63, 3.8) is 0 Å². The topological polar surface area (TPSA) is 27.7 Å². The highest BCUT2D eigenvalue weighted by molar-refractivity contribution is 6.74. The van der Waals surface area contributed by atoms with Crippen LogP contribution in [0.3, 0.4) is 0 Å². The molecule has 0 aliphatic heterocycles. The number of benzene rings is 1. The van der Waals surface area contributed by atoms with Crippen LogP contribution in [0.1, 0.15) is 65.4 Å². The highest BCUT2D eigenvalue weighted by atomic mass is 28.4. The molecule has 0 radical (unpaired) electrons. The normalized spacial score (nSPS) is 13.7. The molecule has 0 saturated carbocycles. The van der Waals surface area contributed by atoms with Crippen LogP contribution in [0.25, 0.3) is 0 Å². The Morgan fingerprint density at radius 1 is 1.00 bits per heavy atom. The number of hydrogen-bond donors (Lipinski definition) is 0. The van der Waals surface area contributed by atoms with Crippen molar-refractivity contribution in [2.75, 3.05) is 13.7 Å². The molecule has 0 amide bonds. The number of unbranched alkanes of at least 4 members (excludes halogenated alkanes) is 2. The van der Waals surface area contributed by atoms with Gasteiger partial charge in [-0.15, -0.1) is 0 Å². The summed E-state index contributed by atoms with van der Waals surface area (Å²) in [6.45, 7) is 15.3. The van der Waals surface area contributed by atoms with Crippen LogP contribution in [0.2, 0.25) is 18.1 Å². The van der Waals surface area contributed by atoms with E-state index in [1.807, 2.05) is 12.1 Å². The van der Waals surface area contributed by atoms with Gasteiger partial charge in [-0.3, -0.25) is 0 Å². The van der Waals surface area contributed by atoms with Crippen LogP contribution in [0.5, 0.6) is 5.75 Å². The smallest absolute Gasteiger partial charge is 0.192 e. The van der Waals surface area contributed by atoms with Gasteiger partial charge >= 0.3 is 0 Å². The van der Waals surface area contributed by atoms with Crippen LogP contribution in [-0.2, 0) is 15.8 Å². The van der Waals surface area contributed by atoms with Gasteiger partial charge in [-0.2, -0.15) is 0 Å². The van der Waals surface area contributed by atoms with Crippen LogP contribution in [0, 0.1) is 0 Å². The molecule has 0 bridgehead atoms. The summed E-state index contributed by atoms with van der Waals surface area (Å²) in [5, 5.41) is 0.250. The molecule has 0 spiro atoms. The fraction of sp³-hybridized carbons (Fsp3) is 0.727. The van der Waals surface area contributed by atoms with Crippen LogP contribution in [0.4, 0.5) is 0 Å². The van der Waals surface area contributed by atoms with Crippen molar-refractivity contribution in [2.24, 2.45) is 0 Å². The number of rotatable bonds is 12. The van der Waals surface area contributed by atoms with E-state index in [2.05, 4.69) is 52.9 Å². The highest BCUT2D eigenvalue weighted by Crippen LogP contribution is 2.38. The Morgan fingerprint density at radius 3 is 2.19 bits per heavy atom. The lowest BCUT2D eigenvalue weighted by Crippen LogP contribution is -2.44. The van der Waals surface area contributed by atoms with Crippen LogP contribution in [0.15, 0.2) is 24.3 Å². The fourth-order valence-corrected chi connectivity index (χ4v) is 4.03. The van der Waals surface area contributed by atoms with Gasteiger partial charge in [0.25, 0.3) is 0 Å². The van der Waals surface area contributed by atoms with E-state index in [4.69, 9.17) is 13.9 Å². The third-order valence-electron chi connectivity index (χ3n) is 5.41. The highest BCUT2D eigenvalue weighted by Gasteiger charge is 2.38. The van der Waals surface area contributed by atoms with Crippen LogP contribution >= 0.6 is 0 Å². The van der Waals surface area contributed by atoms with Crippen molar-refractivity contribution < 1.29 is 13.9 Å². The first kappa shape index (κ1) is 23.2. The number of hydrogen-bond acceptors (Lipinski definition) is 3. The second-order valence-corrected chi connectivity index (χ2v) is 13.4. The standard InChI is InChI=1S/C22H40O3Si/c1-8-9-10-11-21(25-26(6,7)22(2,3)4)16-17-24-18-19-12-14-20(23-5)15-13-19/h12-15,21H,8-11,16-18H2,1-7H3/t21-/m1/s1. The predicted octanol–water partition coefficient (Wildman–Crippen LogP) is 6.57. The number of ether oxygens (including phenoxy) is 2. The first-order valence-corrected chi connectivity index (χ1v) is 13.0. The fourth-order valence-electron chi connectivity index (χ4n) is 2.60. The van der Waals surface area contributed by atoms with Gasteiger partial charge in [0, 0.05) is 12.7 Å². The summed E-state index contributed by atoms with van der Waals surface area (Å²) < 4.78 is 17.8. The van der Waals surface area contributed by atoms with Gasteiger partial charge in [0.05, 0.1) is 13.7 Å². The molecule has 4 heteroatoms. The molecule has 1 aromatic carbocycles. The van der Waals surface area contributed by atoms with E-state index in [9.17, 15) is 0 Å². The van der Waals surface area contributed by atoms with Crippen molar-refractivity contribution in [1.82, 2.24) is 0 Å². The SMILES string of the molecule is CCCCC[C@H](CCOCc1ccc(OC)cc1)O[Si](C)(C)C(C)(C)C. The van der Waals surface area contributed by atoms with Gasteiger partial charge in [0.1, 0.15) is 5.75 Å². The molecule has 0 heterocycles. The molecule has 0 unspecified atom stereocenters. The van der Waals surface area contributed by atoms with Crippen LogP contribution in [-0.4, -0.2) is 28.1 Å². The Labute approximate surface area is 162 Å². The lowest BCUT2D eigenvalue weighted by Gasteiger charge is -2.39. The Balaban J connectivity index is 2.48. The Hall–Kier alpha value is -0.843. The van der Waals surface area contributed by atoms with Crippen LogP contribution < -0.4 is 4.74 Å². The van der Waals surface area contributed by atoms with Gasteiger partial charge in [-0.25, -0.2) is 0 Å². The monoisotopic (exact) mass is 380 g/mol. The Bertz CT molecular complexity index is 491. The quantitative estimate of drug-likeness (QED) is 0.303. The van der Waals surface area contributed by atoms with E-state index in [1.165, 1.54) is 24.8 Å². The Morgan fingerprint density at radius 2 is 1.65 bits per heavy atom. The second kappa shape index (κ2) is 11.1. The second-order valence-electron chi connectivity index (χ2n) is 8.69. The molecule has 1 aromatic rings. The van der Waals surface area contributed by atoms with Gasteiger partial charge in [0.2, 0.25) is 0 Å². The molecule has 0 N–H and O–H groups in total. The van der Waals surface area contributed by atoms with Gasteiger partial charge in [0.15, 0.2) is 8.32 Å². The first-order chi connectivity index (χ1) is 12.2. The molecule has 3 nitrogen and oxygen atoms in total. The third-order valence-corrected chi connectivity index (χ3v) is 9.94. The maximum atomic E-state index is 6.67. The lowest BCUT2D eigenvalue weighted by atomic mass is 10.1. The molecule has 0 saturated heterocycles. The summed E-state index contributed by atoms with van der Waals surface area (Å²) >= 11 is 0. The van der Waals surface area contributed by atoms with E-state index >= 15 is 0 Å². The molecule has 0 fully saturated rings. The minimum atomic E-state index is -1.73. The summed E-state index contributed by atoms with van der Waals surface area (Å²) in [5.74, 6) is 0.882. The Kier molecular flexibility index (Phi) is 9.91. The molecule has 0 aliphatic rings. The molecule has 0 aromatic heterocycles. The van der Waals surface area contributed by atoms with E-state index in [0.717, 1.165) is 25.2 Å². The summed E-state index contributed by atoms with van der Waals surface area (Å²) in [6, 6.07) is 8.08. The molecule has 0 aliphatic carbocycles. The zero-order valence-electron chi connectivity index (χ0n) is 18.1. The minimum absolute atomic E-state index is 0.250. The van der Waals surface area contributed by atoms with E-state index in [1.54, 1.807) is 7.11 Å². The molecular weight excluding hydrogens is 340 g/mol. The van der Waals surface area contributed by atoms with Crippen molar-refractivity contribution in [3.05, 3.63) is 29.8 Å². The van der Waals surface area contributed by atoms with Gasteiger partial charge in [-0.1, -0.05) is 59.1 Å². The largest absolute Gasteiger partial charge is 0.497 e. The van der Waals surface area contributed by atoms with Crippen molar-refractivity contribution in [2.45, 2.75) is 90.6 Å². The molecule has 150 valence electrons. The predicted molar refractivity (Wildman–Crippen MR) is 113 cm³/mol. The molecular formula is C22H40O3Si. The first-order valence-electron chi connectivity index (χ1n) is 10.1. The van der Waals surface area contributed by atoms with Gasteiger partial charge in [-0.05, 0) is 48.7 Å². The summed E-state index contributed by atoms with van der Waals surface area (Å²) in [5.41, 5.74) is 1.18. The van der Waals surface area contributed by atoms with Gasteiger partial charge < -0.3 is 13.9 Å². The average Bonchev–Trinajstić information content (AvgIpc) is 2.58. The summed E-state index contributed by atoms with van der Waals surface area (Å²) in [7, 11) is -0.0452. The molecule has 1 rings (SSSR count). The molecule has 1 atom stereocenters. The molecule has 26 heavy (non-hydrogen) atoms. The average molecular weight is 381 g/mol.